The zero-order valence-electron chi connectivity index (χ0n) is 10.0. The van der Waals surface area contributed by atoms with Gasteiger partial charge in [-0.1, -0.05) is 0 Å². The summed E-state index contributed by atoms with van der Waals surface area (Å²) >= 11 is 0. The van der Waals surface area contributed by atoms with E-state index in [2.05, 4.69) is 9.64 Å². The summed E-state index contributed by atoms with van der Waals surface area (Å²) in [7, 11) is 0. The molecule has 1 saturated heterocycles. The van der Waals surface area contributed by atoms with Crippen molar-refractivity contribution in [3.05, 3.63) is 0 Å². The van der Waals surface area contributed by atoms with E-state index in [4.69, 9.17) is 5.73 Å². The highest BCUT2D eigenvalue weighted by atomic mass is 19.4. The van der Waals surface area contributed by atoms with Crippen LogP contribution in [-0.2, 0) is 4.74 Å². The molecular formula is C11H21F3N2O. The molecule has 0 aromatic heterocycles. The van der Waals surface area contributed by atoms with E-state index >= 15 is 0 Å². The van der Waals surface area contributed by atoms with Crippen LogP contribution in [0, 0.1) is 5.92 Å². The first-order valence-electron chi connectivity index (χ1n) is 6.08. The molecule has 0 saturated carbocycles. The highest BCUT2D eigenvalue weighted by molar-refractivity contribution is 4.73. The van der Waals surface area contributed by atoms with Crippen LogP contribution in [0.3, 0.4) is 0 Å². The second kappa shape index (κ2) is 7.18. The van der Waals surface area contributed by atoms with Gasteiger partial charge < -0.3 is 15.4 Å². The van der Waals surface area contributed by atoms with Gasteiger partial charge in [-0.25, -0.2) is 0 Å². The Morgan fingerprint density at radius 1 is 1.35 bits per heavy atom. The van der Waals surface area contributed by atoms with Crippen molar-refractivity contribution >= 4 is 0 Å². The first-order chi connectivity index (χ1) is 8.01. The molecule has 1 unspecified atom stereocenters. The fourth-order valence-electron chi connectivity index (χ4n) is 2.12. The normalized spacial score (nSPS) is 22.9. The van der Waals surface area contributed by atoms with Crippen LogP contribution in [0.25, 0.3) is 0 Å². The molecule has 0 aliphatic carbocycles. The van der Waals surface area contributed by atoms with E-state index in [9.17, 15) is 13.2 Å². The zero-order chi connectivity index (χ0) is 12.7. The number of hydrogen-bond donors (Lipinski definition) is 1. The quantitative estimate of drug-likeness (QED) is 0.732. The van der Waals surface area contributed by atoms with E-state index in [1.807, 2.05) is 0 Å². The molecular weight excluding hydrogens is 233 g/mol. The van der Waals surface area contributed by atoms with Crippen LogP contribution in [0.1, 0.15) is 19.3 Å². The number of nitrogens with two attached hydrogens (primary N) is 1. The summed E-state index contributed by atoms with van der Waals surface area (Å²) < 4.78 is 39.9. The molecule has 3 nitrogen and oxygen atoms in total. The Bertz CT molecular complexity index is 211. The van der Waals surface area contributed by atoms with Crippen LogP contribution in [0.2, 0.25) is 0 Å². The molecule has 2 N–H and O–H groups in total. The molecule has 1 heterocycles. The van der Waals surface area contributed by atoms with Gasteiger partial charge in [-0.3, -0.25) is 0 Å². The van der Waals surface area contributed by atoms with Crippen molar-refractivity contribution < 1.29 is 17.9 Å². The second-order valence-corrected chi connectivity index (χ2v) is 4.57. The maximum absolute atomic E-state index is 11.8. The lowest BCUT2D eigenvalue weighted by molar-refractivity contribution is -0.174. The highest BCUT2D eigenvalue weighted by Crippen LogP contribution is 2.16. The van der Waals surface area contributed by atoms with E-state index in [1.54, 1.807) is 0 Å². The van der Waals surface area contributed by atoms with Crippen molar-refractivity contribution in [1.29, 1.82) is 0 Å². The third kappa shape index (κ3) is 6.85. The van der Waals surface area contributed by atoms with Crippen molar-refractivity contribution in [2.75, 3.05) is 39.4 Å². The molecule has 0 radical (unpaired) electrons. The molecule has 0 aromatic carbocycles. The summed E-state index contributed by atoms with van der Waals surface area (Å²) in [6.07, 6.45) is -1.27. The summed E-state index contributed by atoms with van der Waals surface area (Å²) in [5.74, 6) is 0.542. The van der Waals surface area contributed by atoms with Crippen molar-refractivity contribution in [3.63, 3.8) is 0 Å². The molecule has 0 amide bonds. The lowest BCUT2D eigenvalue weighted by Gasteiger charge is -2.31. The number of nitrogens with zero attached hydrogens (tertiary/aromatic N) is 1. The first kappa shape index (κ1) is 14.7. The molecule has 1 rings (SSSR count). The zero-order valence-corrected chi connectivity index (χ0v) is 10.0. The van der Waals surface area contributed by atoms with Gasteiger partial charge in [0.2, 0.25) is 0 Å². The molecule has 0 bridgehead atoms. The van der Waals surface area contributed by atoms with E-state index in [-0.39, 0.29) is 6.61 Å². The van der Waals surface area contributed by atoms with Gasteiger partial charge in [-0.2, -0.15) is 13.2 Å². The summed E-state index contributed by atoms with van der Waals surface area (Å²) in [4.78, 5) is 2.26. The van der Waals surface area contributed by atoms with Crippen LogP contribution in [0.4, 0.5) is 13.2 Å². The minimum atomic E-state index is -4.21. The molecule has 102 valence electrons. The van der Waals surface area contributed by atoms with Gasteiger partial charge in [0.1, 0.15) is 6.61 Å². The first-order valence-corrected chi connectivity index (χ1v) is 6.08. The summed E-state index contributed by atoms with van der Waals surface area (Å²) in [5, 5.41) is 0. The van der Waals surface area contributed by atoms with Crippen LogP contribution in [-0.4, -0.2) is 50.5 Å². The minimum absolute atomic E-state index is 0.170. The van der Waals surface area contributed by atoms with Crippen LogP contribution in [0.5, 0.6) is 0 Å². The predicted molar refractivity (Wildman–Crippen MR) is 59.7 cm³/mol. The summed E-state index contributed by atoms with van der Waals surface area (Å²) in [5.41, 5.74) is 5.61. The van der Waals surface area contributed by atoms with Gasteiger partial charge in [-0.15, -0.1) is 0 Å². The van der Waals surface area contributed by atoms with Crippen molar-refractivity contribution in [1.82, 2.24) is 4.90 Å². The van der Waals surface area contributed by atoms with Gasteiger partial charge in [0.25, 0.3) is 0 Å². The molecule has 1 fully saturated rings. The number of hydrogen-bond acceptors (Lipinski definition) is 3. The highest BCUT2D eigenvalue weighted by Gasteiger charge is 2.27. The van der Waals surface area contributed by atoms with Crippen LogP contribution >= 0.6 is 0 Å². The monoisotopic (exact) mass is 254 g/mol. The number of rotatable bonds is 6. The van der Waals surface area contributed by atoms with E-state index in [0.29, 0.717) is 18.9 Å². The fourth-order valence-corrected chi connectivity index (χ4v) is 2.12. The van der Waals surface area contributed by atoms with E-state index in [1.165, 1.54) is 0 Å². The summed E-state index contributed by atoms with van der Waals surface area (Å²) in [6.45, 7) is 2.52. The van der Waals surface area contributed by atoms with Crippen LogP contribution in [0.15, 0.2) is 0 Å². The Hall–Kier alpha value is -0.330. The predicted octanol–water partition coefficient (Wildman–Crippen LogP) is 1.63. The number of halogens is 3. The third-order valence-electron chi connectivity index (χ3n) is 2.97. The second-order valence-electron chi connectivity index (χ2n) is 4.57. The Morgan fingerprint density at radius 3 is 2.76 bits per heavy atom. The summed E-state index contributed by atoms with van der Waals surface area (Å²) in [6, 6.07) is 0. The molecule has 1 aliphatic rings. The molecule has 6 heteroatoms. The average Bonchev–Trinajstić information content (AvgIpc) is 2.27. The SMILES string of the molecule is NCC1CCCN(CCCOCC(F)(F)F)C1. The maximum atomic E-state index is 11.8. The lowest BCUT2D eigenvalue weighted by Crippen LogP contribution is -2.39. The Kier molecular flexibility index (Phi) is 6.22. The molecule has 1 aliphatic heterocycles. The van der Waals surface area contributed by atoms with Gasteiger partial charge in [0, 0.05) is 19.7 Å². The largest absolute Gasteiger partial charge is 0.411 e. The molecule has 17 heavy (non-hydrogen) atoms. The van der Waals surface area contributed by atoms with Gasteiger partial charge in [0.15, 0.2) is 0 Å². The van der Waals surface area contributed by atoms with Crippen molar-refractivity contribution in [3.8, 4) is 0 Å². The third-order valence-corrected chi connectivity index (χ3v) is 2.97. The van der Waals surface area contributed by atoms with Crippen molar-refractivity contribution in [2.45, 2.75) is 25.4 Å². The van der Waals surface area contributed by atoms with Gasteiger partial charge >= 0.3 is 6.18 Å². The standard InChI is InChI=1S/C11H21F3N2O/c12-11(13,14)9-17-6-2-5-16-4-1-3-10(7-15)8-16/h10H,1-9,15H2. The topological polar surface area (TPSA) is 38.5 Å². The van der Waals surface area contributed by atoms with Crippen molar-refractivity contribution in [2.24, 2.45) is 11.7 Å². The molecule has 1 atom stereocenters. The molecule has 0 spiro atoms. The minimum Gasteiger partial charge on any atom is -0.372 e. The molecule has 0 aromatic rings. The number of alkyl halides is 3. The van der Waals surface area contributed by atoms with Gasteiger partial charge in [-0.05, 0) is 38.3 Å². The Morgan fingerprint density at radius 2 is 2.12 bits per heavy atom. The number of likely N-dealkylation sites (tertiary alicyclic amines) is 1. The number of ether oxygens (including phenoxy) is 1. The van der Waals surface area contributed by atoms with Gasteiger partial charge in [0.05, 0.1) is 0 Å². The van der Waals surface area contributed by atoms with E-state index in [0.717, 1.165) is 32.5 Å². The lowest BCUT2D eigenvalue weighted by atomic mass is 9.98. The fraction of sp³-hybridized carbons (Fsp3) is 1.00. The number of piperidine rings is 1. The average molecular weight is 254 g/mol. The smallest absolute Gasteiger partial charge is 0.372 e. The Labute approximate surface area is 100 Å². The van der Waals surface area contributed by atoms with Crippen LogP contribution < -0.4 is 5.73 Å². The van der Waals surface area contributed by atoms with E-state index < -0.39 is 12.8 Å². The maximum Gasteiger partial charge on any atom is 0.411 e. The Balaban J connectivity index is 2.02.